The normalized spacial score (nSPS) is 14.1. The Morgan fingerprint density at radius 2 is 2.00 bits per heavy atom. The third-order valence-electron chi connectivity index (χ3n) is 4.56. The van der Waals surface area contributed by atoms with Crippen LogP contribution in [0.2, 0.25) is 0 Å². The molecule has 0 saturated heterocycles. The van der Waals surface area contributed by atoms with Gasteiger partial charge in [-0.05, 0) is 37.3 Å². The van der Waals surface area contributed by atoms with Gasteiger partial charge in [0.05, 0.1) is 32.1 Å². The number of benzene rings is 2. The molecule has 2 aromatic rings. The molecule has 0 fully saturated rings. The lowest BCUT2D eigenvalue weighted by Crippen LogP contribution is -3.09. The Balaban J connectivity index is 1.67. The molecule has 0 radical (unpaired) electrons. The smallest absolute Gasteiger partial charge is 0.282 e. The summed E-state index contributed by atoms with van der Waals surface area (Å²) in [6.45, 7) is 3.46. The predicted molar refractivity (Wildman–Crippen MR) is 107 cm³/mol. The first-order valence-electron chi connectivity index (χ1n) is 9.32. The quantitative estimate of drug-likeness (QED) is 0.750. The number of anilines is 2. The molecule has 2 N–H and O–H groups in total. The summed E-state index contributed by atoms with van der Waals surface area (Å²) in [5, 5.41) is 2.80. The van der Waals surface area contributed by atoms with Gasteiger partial charge >= 0.3 is 0 Å². The van der Waals surface area contributed by atoms with Gasteiger partial charge in [-0.2, -0.15) is 0 Å². The van der Waals surface area contributed by atoms with E-state index >= 15 is 0 Å². The Morgan fingerprint density at radius 3 is 2.75 bits per heavy atom. The molecule has 1 heterocycles. The van der Waals surface area contributed by atoms with Gasteiger partial charge in [-0.25, -0.2) is 0 Å². The number of nitrogens with one attached hydrogen (secondary N) is 2. The minimum Gasteiger partial charge on any atom is -0.493 e. The summed E-state index contributed by atoms with van der Waals surface area (Å²) in [5.41, 5.74) is 2.45. The molecule has 1 aliphatic rings. The van der Waals surface area contributed by atoms with E-state index in [2.05, 4.69) is 5.32 Å². The monoisotopic (exact) mass is 384 g/mol. The summed E-state index contributed by atoms with van der Waals surface area (Å²) < 4.78 is 10.9. The van der Waals surface area contributed by atoms with Crippen LogP contribution in [0.1, 0.15) is 12.5 Å². The zero-order valence-corrected chi connectivity index (χ0v) is 16.5. The van der Waals surface area contributed by atoms with Crippen molar-refractivity contribution in [3.8, 4) is 11.5 Å². The van der Waals surface area contributed by atoms with Crippen LogP contribution in [-0.4, -0.2) is 45.7 Å². The zero-order valence-electron chi connectivity index (χ0n) is 16.5. The van der Waals surface area contributed by atoms with Gasteiger partial charge in [0.2, 0.25) is 5.91 Å². The fourth-order valence-corrected chi connectivity index (χ4v) is 3.32. The van der Waals surface area contributed by atoms with E-state index in [-0.39, 0.29) is 24.9 Å². The minimum atomic E-state index is -0.180. The van der Waals surface area contributed by atoms with Gasteiger partial charge < -0.3 is 19.7 Å². The summed E-state index contributed by atoms with van der Waals surface area (Å²) in [7, 11) is 3.57. The molecule has 1 aliphatic heterocycles. The first kappa shape index (κ1) is 19.7. The summed E-state index contributed by atoms with van der Waals surface area (Å²) in [4.78, 5) is 27.4. The van der Waals surface area contributed by atoms with Gasteiger partial charge in [0.15, 0.2) is 18.0 Å². The van der Waals surface area contributed by atoms with Crippen LogP contribution in [0, 0.1) is 0 Å². The number of hydrogen-bond donors (Lipinski definition) is 2. The Kier molecular flexibility index (Phi) is 6.16. The Labute approximate surface area is 164 Å². The second-order valence-electron chi connectivity index (χ2n) is 6.77. The van der Waals surface area contributed by atoms with Crippen molar-refractivity contribution in [2.75, 3.05) is 44.1 Å². The number of para-hydroxylation sites is 2. The van der Waals surface area contributed by atoms with Crippen molar-refractivity contribution >= 4 is 23.2 Å². The summed E-state index contributed by atoms with van der Waals surface area (Å²) >= 11 is 0. The number of fused-ring (bicyclic) bond motifs is 1. The van der Waals surface area contributed by atoms with Crippen molar-refractivity contribution in [2.24, 2.45) is 0 Å². The van der Waals surface area contributed by atoms with Crippen molar-refractivity contribution in [3.05, 3.63) is 48.0 Å². The van der Waals surface area contributed by atoms with Crippen molar-refractivity contribution in [1.82, 2.24) is 0 Å². The van der Waals surface area contributed by atoms with Crippen LogP contribution in [0.5, 0.6) is 11.5 Å². The molecule has 0 bridgehead atoms. The topological polar surface area (TPSA) is 72.3 Å². The van der Waals surface area contributed by atoms with Crippen LogP contribution in [0.3, 0.4) is 0 Å². The lowest BCUT2D eigenvalue weighted by Gasteiger charge is -2.29. The van der Waals surface area contributed by atoms with Crippen molar-refractivity contribution in [2.45, 2.75) is 13.5 Å². The average Bonchev–Trinajstić information content (AvgIpc) is 2.68. The number of rotatable bonds is 7. The molecule has 1 unspecified atom stereocenters. The van der Waals surface area contributed by atoms with E-state index in [1.807, 2.05) is 50.4 Å². The standard InChI is InChI=1S/C21H25N3O4/c1-4-28-18-10-9-15(11-19(18)27-3)12-23(2)14-21(26)24-13-20(25)22-16-7-5-6-8-17(16)24/h5-11H,4,12-14H2,1-3H3,(H,22,25)/p+1. The van der Waals surface area contributed by atoms with E-state index in [0.717, 1.165) is 16.2 Å². The molecule has 148 valence electrons. The van der Waals surface area contributed by atoms with Crippen LogP contribution in [-0.2, 0) is 16.1 Å². The fourth-order valence-electron chi connectivity index (χ4n) is 3.32. The molecule has 7 nitrogen and oxygen atoms in total. The van der Waals surface area contributed by atoms with Crippen LogP contribution in [0.15, 0.2) is 42.5 Å². The van der Waals surface area contributed by atoms with Gasteiger partial charge in [0, 0.05) is 5.56 Å². The maximum Gasteiger partial charge on any atom is 0.282 e. The number of quaternary nitrogens is 1. The summed E-state index contributed by atoms with van der Waals surface area (Å²) in [5.74, 6) is 1.12. The summed E-state index contributed by atoms with van der Waals surface area (Å²) in [6.07, 6.45) is 0. The maximum atomic E-state index is 12.8. The zero-order chi connectivity index (χ0) is 20.1. The third kappa shape index (κ3) is 4.43. The molecule has 0 aromatic heterocycles. The van der Waals surface area contributed by atoms with E-state index in [4.69, 9.17) is 9.47 Å². The molecular weight excluding hydrogens is 358 g/mol. The number of amides is 2. The first-order valence-corrected chi connectivity index (χ1v) is 9.32. The van der Waals surface area contributed by atoms with Crippen LogP contribution >= 0.6 is 0 Å². The molecular formula is C21H26N3O4+. The van der Waals surface area contributed by atoms with E-state index in [1.54, 1.807) is 18.1 Å². The van der Waals surface area contributed by atoms with Crippen LogP contribution in [0.25, 0.3) is 0 Å². The number of hydrogen-bond acceptors (Lipinski definition) is 4. The highest BCUT2D eigenvalue weighted by atomic mass is 16.5. The van der Waals surface area contributed by atoms with Gasteiger partial charge in [-0.3, -0.25) is 14.5 Å². The number of ether oxygens (including phenoxy) is 2. The molecule has 28 heavy (non-hydrogen) atoms. The number of carbonyl (C=O) groups is 2. The van der Waals surface area contributed by atoms with E-state index < -0.39 is 0 Å². The molecule has 2 amide bonds. The lowest BCUT2D eigenvalue weighted by atomic mass is 10.1. The number of carbonyl (C=O) groups excluding carboxylic acids is 2. The molecule has 1 atom stereocenters. The molecule has 0 saturated carbocycles. The van der Waals surface area contributed by atoms with Gasteiger partial charge in [-0.15, -0.1) is 0 Å². The second kappa shape index (κ2) is 8.75. The molecule has 2 aromatic carbocycles. The number of methoxy groups -OCH3 is 1. The molecule has 3 rings (SSSR count). The fraction of sp³-hybridized carbons (Fsp3) is 0.333. The SMILES string of the molecule is CCOc1ccc(C[NH+](C)CC(=O)N2CC(=O)Nc3ccccc32)cc1OC. The van der Waals surface area contributed by atoms with Crippen LogP contribution < -0.4 is 24.6 Å². The van der Waals surface area contributed by atoms with Crippen molar-refractivity contribution in [3.63, 3.8) is 0 Å². The van der Waals surface area contributed by atoms with E-state index in [1.165, 1.54) is 0 Å². The highest BCUT2D eigenvalue weighted by molar-refractivity contribution is 6.10. The Bertz CT molecular complexity index is 868. The van der Waals surface area contributed by atoms with E-state index in [0.29, 0.717) is 30.3 Å². The number of likely N-dealkylation sites (N-methyl/N-ethyl adjacent to an activating group) is 1. The highest BCUT2D eigenvalue weighted by Crippen LogP contribution is 2.29. The predicted octanol–water partition coefficient (Wildman–Crippen LogP) is 1.09. The van der Waals surface area contributed by atoms with E-state index in [9.17, 15) is 9.59 Å². The second-order valence-corrected chi connectivity index (χ2v) is 6.77. The lowest BCUT2D eigenvalue weighted by molar-refractivity contribution is -0.885. The average molecular weight is 384 g/mol. The largest absolute Gasteiger partial charge is 0.493 e. The minimum absolute atomic E-state index is 0.0417. The van der Waals surface area contributed by atoms with Gasteiger partial charge in [0.1, 0.15) is 13.1 Å². The first-order chi connectivity index (χ1) is 13.5. The Morgan fingerprint density at radius 1 is 1.21 bits per heavy atom. The summed E-state index contributed by atoms with van der Waals surface area (Å²) in [6, 6.07) is 13.1. The maximum absolute atomic E-state index is 12.8. The van der Waals surface area contributed by atoms with Gasteiger partial charge in [0.25, 0.3) is 5.91 Å². The number of nitrogens with zero attached hydrogens (tertiary/aromatic N) is 1. The molecule has 0 aliphatic carbocycles. The highest BCUT2D eigenvalue weighted by Gasteiger charge is 2.28. The van der Waals surface area contributed by atoms with Crippen molar-refractivity contribution in [1.29, 1.82) is 0 Å². The van der Waals surface area contributed by atoms with Crippen LogP contribution in [0.4, 0.5) is 11.4 Å². The third-order valence-corrected chi connectivity index (χ3v) is 4.56. The Hall–Kier alpha value is -3.06. The van der Waals surface area contributed by atoms with Crippen molar-refractivity contribution < 1.29 is 24.0 Å². The molecule has 7 heteroatoms. The molecule has 0 spiro atoms. The van der Waals surface area contributed by atoms with Gasteiger partial charge in [-0.1, -0.05) is 12.1 Å².